The summed E-state index contributed by atoms with van der Waals surface area (Å²) in [5.74, 6) is -0.396. The highest BCUT2D eigenvalue weighted by Gasteiger charge is 2.11. The van der Waals surface area contributed by atoms with Crippen LogP contribution in [0.3, 0.4) is 0 Å². The van der Waals surface area contributed by atoms with Crippen LogP contribution in [0, 0.1) is 29.6 Å². The summed E-state index contributed by atoms with van der Waals surface area (Å²) in [5.41, 5.74) is 4.56. The topological polar surface area (TPSA) is 140 Å². The normalized spacial score (nSPS) is 9.81. The van der Waals surface area contributed by atoms with Crippen molar-refractivity contribution in [2.45, 2.75) is 6.92 Å². The fourth-order valence-electron chi connectivity index (χ4n) is 1.91. The quantitative estimate of drug-likeness (QED) is 0.536. The lowest BCUT2D eigenvalue weighted by Gasteiger charge is -2.00. The minimum atomic E-state index is -0.396. The molecule has 3 rings (SSSR count). The Morgan fingerprint density at radius 3 is 2.73 bits per heavy atom. The molecule has 2 heterocycles. The number of nitrogens with zero attached hydrogens (tertiary/aromatic N) is 6. The molecule has 26 heavy (non-hydrogen) atoms. The third-order valence-electron chi connectivity index (χ3n) is 3.13. The van der Waals surface area contributed by atoms with Crippen molar-refractivity contribution in [3.05, 3.63) is 42.0 Å². The monoisotopic (exact) mass is 362 g/mol. The van der Waals surface area contributed by atoms with Crippen molar-refractivity contribution in [3.63, 3.8) is 0 Å². The van der Waals surface area contributed by atoms with Gasteiger partial charge in [-0.15, -0.1) is 0 Å². The number of hydrazone groups is 1. The fraction of sp³-hybridized carbons (Fsp3) is 0.0625. The van der Waals surface area contributed by atoms with Crippen molar-refractivity contribution in [2.24, 2.45) is 5.10 Å². The molecule has 10 heteroatoms. The first-order chi connectivity index (χ1) is 12.6. The number of anilines is 2. The molecule has 0 unspecified atom stereocenters. The van der Waals surface area contributed by atoms with Crippen LogP contribution in [0.4, 0.5) is 10.8 Å². The van der Waals surface area contributed by atoms with E-state index in [-0.39, 0.29) is 11.4 Å². The maximum atomic E-state index is 12.2. The van der Waals surface area contributed by atoms with E-state index in [9.17, 15) is 4.79 Å². The van der Waals surface area contributed by atoms with Crippen molar-refractivity contribution >= 4 is 44.0 Å². The van der Waals surface area contributed by atoms with Gasteiger partial charge in [0, 0.05) is 6.20 Å². The molecule has 1 amide bonds. The molecule has 0 fully saturated rings. The summed E-state index contributed by atoms with van der Waals surface area (Å²) in [6.07, 6.45) is 2.92. The average molecular weight is 362 g/mol. The van der Waals surface area contributed by atoms with E-state index in [1.807, 2.05) is 0 Å². The molecular formula is C16H10N8OS. The van der Waals surface area contributed by atoms with Crippen molar-refractivity contribution in [1.82, 2.24) is 15.0 Å². The predicted octanol–water partition coefficient (Wildman–Crippen LogP) is 2.46. The summed E-state index contributed by atoms with van der Waals surface area (Å²) < 4.78 is 0.797. The molecule has 0 atom stereocenters. The van der Waals surface area contributed by atoms with Gasteiger partial charge in [0.25, 0.3) is 5.91 Å². The lowest BCUT2D eigenvalue weighted by molar-refractivity contribution is 0.102. The average Bonchev–Trinajstić information content (AvgIpc) is 3.04. The second-order valence-corrected chi connectivity index (χ2v) is 6.03. The Kier molecular flexibility index (Phi) is 4.78. The summed E-state index contributed by atoms with van der Waals surface area (Å²) in [6, 6.07) is 8.52. The van der Waals surface area contributed by atoms with Gasteiger partial charge in [0.2, 0.25) is 5.71 Å². The van der Waals surface area contributed by atoms with Gasteiger partial charge >= 0.3 is 0 Å². The number of rotatable bonds is 4. The Morgan fingerprint density at radius 1 is 1.23 bits per heavy atom. The molecule has 0 saturated heterocycles. The number of nitriles is 2. The lowest BCUT2D eigenvalue weighted by atomic mass is 10.3. The SMILES string of the molecule is Cc1cnc(C(=O)Nc2nc3ccc(NN=C(C#N)C#N)cc3s2)cn1. The van der Waals surface area contributed by atoms with Gasteiger partial charge in [-0.05, 0) is 25.1 Å². The van der Waals surface area contributed by atoms with Crippen LogP contribution in [0.5, 0.6) is 0 Å². The lowest BCUT2D eigenvalue weighted by Crippen LogP contribution is -2.13. The number of benzene rings is 1. The van der Waals surface area contributed by atoms with E-state index in [0.29, 0.717) is 16.3 Å². The van der Waals surface area contributed by atoms with Crippen LogP contribution in [0.2, 0.25) is 0 Å². The van der Waals surface area contributed by atoms with Gasteiger partial charge < -0.3 is 0 Å². The molecule has 0 radical (unpaired) electrons. The van der Waals surface area contributed by atoms with Gasteiger partial charge in [0.15, 0.2) is 5.13 Å². The zero-order valence-corrected chi connectivity index (χ0v) is 14.2. The first-order valence-corrected chi connectivity index (χ1v) is 8.05. The van der Waals surface area contributed by atoms with Crippen LogP contribution in [-0.2, 0) is 0 Å². The van der Waals surface area contributed by atoms with E-state index >= 15 is 0 Å². The van der Waals surface area contributed by atoms with Gasteiger partial charge in [-0.2, -0.15) is 15.6 Å². The molecule has 2 aromatic heterocycles. The Hall–Kier alpha value is -3.89. The van der Waals surface area contributed by atoms with Crippen LogP contribution in [0.15, 0.2) is 35.7 Å². The van der Waals surface area contributed by atoms with Crippen molar-refractivity contribution in [3.8, 4) is 12.1 Å². The fourth-order valence-corrected chi connectivity index (χ4v) is 2.81. The van der Waals surface area contributed by atoms with Gasteiger partial charge in [-0.25, -0.2) is 9.97 Å². The molecular weight excluding hydrogens is 352 g/mol. The van der Waals surface area contributed by atoms with Crippen molar-refractivity contribution in [2.75, 3.05) is 10.7 Å². The molecule has 0 aliphatic heterocycles. The highest BCUT2D eigenvalue weighted by molar-refractivity contribution is 7.22. The number of aromatic nitrogens is 3. The number of aryl methyl sites for hydroxylation is 1. The first kappa shape index (κ1) is 17.0. The number of nitrogens with one attached hydrogen (secondary N) is 2. The van der Waals surface area contributed by atoms with Crippen LogP contribution in [0.25, 0.3) is 10.2 Å². The van der Waals surface area contributed by atoms with Gasteiger partial charge in [0.05, 0.1) is 27.8 Å². The number of hydrogen-bond acceptors (Lipinski definition) is 9. The zero-order valence-electron chi connectivity index (χ0n) is 13.4. The van der Waals surface area contributed by atoms with E-state index in [4.69, 9.17) is 10.5 Å². The summed E-state index contributed by atoms with van der Waals surface area (Å²) >= 11 is 1.27. The molecule has 0 spiro atoms. The van der Waals surface area contributed by atoms with Gasteiger partial charge in [-0.3, -0.25) is 20.5 Å². The highest BCUT2D eigenvalue weighted by Crippen LogP contribution is 2.28. The second kappa shape index (κ2) is 7.34. The number of amides is 1. The smallest absolute Gasteiger partial charge is 0.277 e. The van der Waals surface area contributed by atoms with Crippen LogP contribution < -0.4 is 10.7 Å². The minimum Gasteiger partial charge on any atom is -0.296 e. The van der Waals surface area contributed by atoms with Crippen LogP contribution in [-0.4, -0.2) is 26.6 Å². The molecule has 0 bridgehead atoms. The van der Waals surface area contributed by atoms with Crippen LogP contribution >= 0.6 is 11.3 Å². The summed E-state index contributed by atoms with van der Waals surface area (Å²) in [4.78, 5) is 24.6. The van der Waals surface area contributed by atoms with Crippen molar-refractivity contribution in [1.29, 1.82) is 10.5 Å². The summed E-state index contributed by atoms with van der Waals surface area (Å²) in [7, 11) is 0. The van der Waals surface area contributed by atoms with Gasteiger partial charge in [-0.1, -0.05) is 11.3 Å². The maximum absolute atomic E-state index is 12.2. The minimum absolute atomic E-state index is 0.201. The van der Waals surface area contributed by atoms with E-state index in [1.165, 1.54) is 23.7 Å². The summed E-state index contributed by atoms with van der Waals surface area (Å²) in [5, 5.41) is 24.1. The first-order valence-electron chi connectivity index (χ1n) is 7.23. The molecule has 1 aromatic carbocycles. The van der Waals surface area contributed by atoms with Crippen molar-refractivity contribution < 1.29 is 4.79 Å². The number of fused-ring (bicyclic) bond motifs is 1. The molecule has 0 aliphatic carbocycles. The molecule has 0 aliphatic rings. The predicted molar refractivity (Wildman–Crippen MR) is 96.6 cm³/mol. The maximum Gasteiger partial charge on any atom is 0.277 e. The number of carbonyl (C=O) groups is 1. The van der Waals surface area contributed by atoms with E-state index < -0.39 is 5.91 Å². The summed E-state index contributed by atoms with van der Waals surface area (Å²) in [6.45, 7) is 1.79. The molecule has 0 saturated carbocycles. The largest absolute Gasteiger partial charge is 0.296 e. The number of carbonyl (C=O) groups excluding carboxylic acids is 1. The van der Waals surface area contributed by atoms with E-state index in [2.05, 4.69) is 30.8 Å². The van der Waals surface area contributed by atoms with Crippen LogP contribution in [0.1, 0.15) is 16.2 Å². The zero-order chi connectivity index (χ0) is 18.5. The molecule has 9 nitrogen and oxygen atoms in total. The standard InChI is InChI=1S/C16H10N8OS/c1-9-7-20-13(8-19-9)15(25)22-16-21-12-3-2-10(4-14(12)26-16)23-24-11(5-17)6-18/h2-4,7-8,23H,1H3,(H,21,22,25). The third kappa shape index (κ3) is 3.77. The number of thiazole rings is 1. The Morgan fingerprint density at radius 2 is 2.04 bits per heavy atom. The number of hydrogen-bond donors (Lipinski definition) is 2. The van der Waals surface area contributed by atoms with E-state index in [0.717, 1.165) is 10.4 Å². The van der Waals surface area contributed by atoms with Gasteiger partial charge in [0.1, 0.15) is 17.8 Å². The Bertz CT molecular complexity index is 1070. The molecule has 126 valence electrons. The highest BCUT2D eigenvalue weighted by atomic mass is 32.1. The van der Waals surface area contributed by atoms with E-state index in [1.54, 1.807) is 37.3 Å². The molecule has 3 aromatic rings. The Balaban J connectivity index is 1.78. The Labute approximate surface area is 151 Å². The molecule has 2 N–H and O–H groups in total. The third-order valence-corrected chi connectivity index (χ3v) is 4.06. The second-order valence-electron chi connectivity index (χ2n) is 4.99.